The van der Waals surface area contributed by atoms with Crippen LogP contribution in [0.2, 0.25) is 0 Å². The number of hydrogen-bond acceptors (Lipinski definition) is 3. The molecule has 0 bridgehead atoms. The fraction of sp³-hybridized carbons (Fsp3) is 0. The second-order valence-corrected chi connectivity index (χ2v) is 1.72. The number of rotatable bonds is 1. The van der Waals surface area contributed by atoms with Gasteiger partial charge < -0.3 is 12.6 Å². The predicted octanol–water partition coefficient (Wildman–Crippen LogP) is -1.77. The summed E-state index contributed by atoms with van der Waals surface area (Å²) in [6, 6.07) is 0. The minimum Gasteiger partial charge on any atom is -1.00 e. The van der Waals surface area contributed by atoms with E-state index in [1.165, 1.54) is 0 Å². The van der Waals surface area contributed by atoms with Crippen molar-refractivity contribution in [1.82, 2.24) is 0 Å². The van der Waals surface area contributed by atoms with Crippen molar-refractivity contribution in [2.45, 2.75) is 0 Å². The largest absolute Gasteiger partial charge is 2.00 e. The van der Waals surface area contributed by atoms with Gasteiger partial charge in [0.05, 0.1) is 0 Å². The third-order valence-corrected chi connectivity index (χ3v) is 0.319. The van der Waals surface area contributed by atoms with E-state index in [-0.39, 0.29) is 58.0 Å². The molecule has 0 unspecified atom stereocenters. The summed E-state index contributed by atoms with van der Waals surface area (Å²) in [5.41, 5.74) is 0. The summed E-state index contributed by atoms with van der Waals surface area (Å²) >= 11 is 0. The summed E-state index contributed by atoms with van der Waals surface area (Å²) < 4.78 is 11.8. The molecule has 0 aromatic carbocycles. The van der Waals surface area contributed by atoms with Crippen molar-refractivity contribution in [3.8, 4) is 0 Å². The van der Waals surface area contributed by atoms with Crippen LogP contribution >= 0.6 is 7.82 Å². The maximum atomic E-state index is 9.22. The SMILES string of the molecule is O=P(O)(O)OO.[AlH3].[Ca+2].[H-].[H-]. The van der Waals surface area contributed by atoms with Crippen molar-refractivity contribution in [2.24, 2.45) is 0 Å². The van der Waals surface area contributed by atoms with Crippen LogP contribution in [0.15, 0.2) is 0 Å². The van der Waals surface area contributed by atoms with Crippen LogP contribution in [-0.2, 0) is 9.24 Å². The maximum Gasteiger partial charge on any atom is 2.00 e. The van der Waals surface area contributed by atoms with Gasteiger partial charge in [-0.05, 0) is 0 Å². The molecule has 0 saturated heterocycles. The van der Waals surface area contributed by atoms with Gasteiger partial charge in [0.2, 0.25) is 0 Å². The molecule has 0 aliphatic heterocycles. The molecule has 0 radical (unpaired) electrons. The Bertz CT molecular complexity index is 83.7. The molecule has 0 aliphatic carbocycles. The van der Waals surface area contributed by atoms with E-state index >= 15 is 0 Å². The van der Waals surface area contributed by atoms with Crippen LogP contribution in [0, 0.1) is 0 Å². The van der Waals surface area contributed by atoms with Crippen molar-refractivity contribution in [3.05, 3.63) is 0 Å². The molecule has 0 saturated carbocycles. The van der Waals surface area contributed by atoms with Crippen molar-refractivity contribution in [1.29, 1.82) is 0 Å². The molecule has 0 aliphatic rings. The van der Waals surface area contributed by atoms with Crippen molar-refractivity contribution < 1.29 is 27.1 Å². The molecule has 0 amide bonds. The van der Waals surface area contributed by atoms with Crippen LogP contribution in [0.1, 0.15) is 2.85 Å². The number of phosphoric acid groups is 1. The van der Waals surface area contributed by atoms with Gasteiger partial charge in [-0.25, -0.2) is 9.82 Å². The maximum absolute atomic E-state index is 9.22. The van der Waals surface area contributed by atoms with Crippen LogP contribution in [0.4, 0.5) is 0 Å². The van der Waals surface area contributed by atoms with Crippen molar-refractivity contribution in [3.63, 3.8) is 0 Å². The Labute approximate surface area is 89.3 Å². The van der Waals surface area contributed by atoms with Gasteiger partial charge in [-0.15, -0.1) is 4.67 Å². The van der Waals surface area contributed by atoms with E-state index in [2.05, 4.69) is 4.67 Å². The molecule has 5 nitrogen and oxygen atoms in total. The molecule has 8 heavy (non-hydrogen) atoms. The Kier molecular flexibility index (Phi) is 14.3. The van der Waals surface area contributed by atoms with E-state index in [4.69, 9.17) is 15.0 Å². The summed E-state index contributed by atoms with van der Waals surface area (Å²) in [5.74, 6) is 0. The van der Waals surface area contributed by atoms with Crippen molar-refractivity contribution in [2.75, 3.05) is 0 Å². The molecule has 0 atom stereocenters. The second kappa shape index (κ2) is 6.98. The van der Waals surface area contributed by atoms with Crippen molar-refractivity contribution >= 4 is 62.9 Å². The molecule has 0 fully saturated rings. The Morgan fingerprint density at radius 2 is 1.62 bits per heavy atom. The first-order chi connectivity index (χ1) is 2.56. The first-order valence-corrected chi connectivity index (χ1v) is 2.48. The fourth-order valence-corrected chi connectivity index (χ4v) is 0. The topological polar surface area (TPSA) is 87.0 Å². The average Bonchev–Trinajstić information content (AvgIpc) is 1.35. The summed E-state index contributed by atoms with van der Waals surface area (Å²) in [4.78, 5) is 14.9. The molecule has 0 spiro atoms. The number of hydrogen-bond donors (Lipinski definition) is 3. The van der Waals surface area contributed by atoms with Crippen LogP contribution in [-0.4, -0.2) is 70.1 Å². The predicted molar refractivity (Wildman–Crippen MR) is 33.7 cm³/mol. The minimum atomic E-state index is -4.59. The summed E-state index contributed by atoms with van der Waals surface area (Å²) in [5, 5.41) is 7.14. The molecule has 48 valence electrons. The third kappa shape index (κ3) is 15.7. The van der Waals surface area contributed by atoms with E-state index in [0.29, 0.717) is 0 Å². The van der Waals surface area contributed by atoms with Crippen LogP contribution in [0.3, 0.4) is 0 Å². The van der Waals surface area contributed by atoms with Gasteiger partial charge in [-0.3, -0.25) is 0 Å². The van der Waals surface area contributed by atoms with Crippen LogP contribution < -0.4 is 0 Å². The zero-order chi connectivity index (χ0) is 5.21. The molecule has 0 rings (SSSR count). The van der Waals surface area contributed by atoms with Gasteiger partial charge in [-0.1, -0.05) is 0 Å². The zero-order valence-corrected chi connectivity index (χ0v) is 6.42. The van der Waals surface area contributed by atoms with Gasteiger partial charge in [0.1, 0.15) is 0 Å². The van der Waals surface area contributed by atoms with Gasteiger partial charge in [0.25, 0.3) is 0 Å². The summed E-state index contributed by atoms with van der Waals surface area (Å²) in [6.45, 7) is 0. The first-order valence-electron chi connectivity index (χ1n) is 0.948. The fourth-order valence-electron chi connectivity index (χ4n) is 0. The smallest absolute Gasteiger partial charge is 1.00 e. The monoisotopic (exact) mass is 186 g/mol. The Morgan fingerprint density at radius 1 is 1.50 bits per heavy atom. The molecular weight excluding hydrogens is 178 g/mol. The van der Waals surface area contributed by atoms with Gasteiger partial charge in [0, 0.05) is 0 Å². The Hall–Kier alpha value is 1.86. The standard InChI is InChI=1S/Al.Ca.H3O5P.5H/c;;1-5-6(2,3)4;;;;;/h;;1H,(H2,2,3,4);;;;;/q;+2;;;;;2*-1. The van der Waals surface area contributed by atoms with E-state index in [1.54, 1.807) is 0 Å². The van der Waals surface area contributed by atoms with Gasteiger partial charge in [-0.2, -0.15) is 0 Å². The summed E-state index contributed by atoms with van der Waals surface area (Å²) in [7, 11) is -4.59. The third-order valence-electron chi connectivity index (χ3n) is 0.106. The second-order valence-electron chi connectivity index (χ2n) is 0.572. The molecule has 0 aromatic heterocycles. The van der Waals surface area contributed by atoms with Crippen LogP contribution in [0.25, 0.3) is 0 Å². The first kappa shape index (κ1) is 16.4. The zero-order valence-electron chi connectivity index (χ0n) is 5.31. The summed E-state index contributed by atoms with van der Waals surface area (Å²) in [6.07, 6.45) is 0. The Morgan fingerprint density at radius 3 is 1.62 bits per heavy atom. The van der Waals surface area contributed by atoms with E-state index in [1.807, 2.05) is 0 Å². The minimum absolute atomic E-state index is 0. The van der Waals surface area contributed by atoms with Gasteiger partial charge in [0.15, 0.2) is 17.4 Å². The van der Waals surface area contributed by atoms with Crippen LogP contribution in [0.5, 0.6) is 0 Å². The molecule has 0 aromatic rings. The molecular formula is H8AlCaO5P. The normalized spacial score (nSPS) is 8.88. The Balaban J connectivity index is -0.0000000208. The molecule has 0 heterocycles. The average molecular weight is 186 g/mol. The van der Waals surface area contributed by atoms with E-state index in [0.717, 1.165) is 0 Å². The van der Waals surface area contributed by atoms with E-state index in [9.17, 15) is 4.57 Å². The van der Waals surface area contributed by atoms with E-state index < -0.39 is 7.82 Å². The molecule has 3 N–H and O–H groups in total. The quantitative estimate of drug-likeness (QED) is 0.195. The molecule has 8 heteroatoms. The van der Waals surface area contributed by atoms with Gasteiger partial charge >= 0.3 is 45.6 Å².